The van der Waals surface area contributed by atoms with Crippen LogP contribution in [0.25, 0.3) is 6.08 Å². The Balaban J connectivity index is 0.000000521. The maximum Gasteiger partial charge on any atom is 2.00 e. The van der Waals surface area contributed by atoms with Gasteiger partial charge in [-0.05, 0) is 65.2 Å². The van der Waals surface area contributed by atoms with Crippen molar-refractivity contribution in [3.8, 4) is 28.7 Å². The van der Waals surface area contributed by atoms with Gasteiger partial charge in [-0.25, -0.2) is 0 Å². The zero-order chi connectivity index (χ0) is 34.7. The van der Waals surface area contributed by atoms with E-state index < -0.39 is 0 Å². The number of carbonyl (C=O) groups is 2. The minimum atomic E-state index is -0.283. The second-order valence-corrected chi connectivity index (χ2v) is 10.4. The van der Waals surface area contributed by atoms with Crippen LogP contribution in [0.1, 0.15) is 37.4 Å². The largest absolute Gasteiger partial charge is 2.00 e. The molecule has 0 aromatic heterocycles. The van der Waals surface area contributed by atoms with Crippen LogP contribution >= 0.6 is 0 Å². The molecule has 0 saturated heterocycles. The monoisotopic (exact) mass is 834 g/mol. The van der Waals surface area contributed by atoms with Gasteiger partial charge in [-0.1, -0.05) is 84.9 Å². The topological polar surface area (TPSA) is 170 Å². The van der Waals surface area contributed by atoms with Gasteiger partial charge in [0.25, 0.3) is 0 Å². The van der Waals surface area contributed by atoms with Gasteiger partial charge in [0, 0.05) is 19.8 Å². The fraction of sp³-hybridized carbons (Fsp3) is 0.150. The standard InChI is InChI=1S/C24H22O5.C16H16O4.Ba.2H2O/c1-27-17-29-23-14-12-18(11-13-22(26)20-9-5-6-10-21(20)25)15-24(23)28-16-19-7-3-2-4-8-19;1-18-12-20-15-8-7-14(10-17)9-16(15)19-11-13-5-3-2-4-6-13;;;/h2-15,25H,16-17H2,1H3;2-10H,11-12H2,1H3;;2*1H2/q;;+2;;/p-2/b13-11+;;;;. The minimum Gasteiger partial charge on any atom is -0.870 e. The number of methoxy groups -OCH3 is 2. The van der Waals surface area contributed by atoms with Gasteiger partial charge in [0.2, 0.25) is 0 Å². The first-order valence-electron chi connectivity index (χ1n) is 15.3. The number of rotatable bonds is 16. The molecule has 5 aromatic rings. The van der Waals surface area contributed by atoms with Gasteiger partial charge in [-0.2, -0.15) is 0 Å². The Morgan fingerprint density at radius 2 is 1.06 bits per heavy atom. The van der Waals surface area contributed by atoms with Crippen LogP contribution in [0.4, 0.5) is 0 Å². The van der Waals surface area contributed by atoms with E-state index >= 15 is 0 Å². The number of ketones is 1. The van der Waals surface area contributed by atoms with Crippen molar-refractivity contribution in [1.29, 1.82) is 0 Å². The van der Waals surface area contributed by atoms with Gasteiger partial charge in [-0.15, -0.1) is 0 Å². The minimum absolute atomic E-state index is 0. The van der Waals surface area contributed by atoms with Crippen molar-refractivity contribution in [2.45, 2.75) is 13.2 Å². The van der Waals surface area contributed by atoms with Crippen LogP contribution in [0.15, 0.2) is 127 Å². The van der Waals surface area contributed by atoms with Crippen LogP contribution in [0.3, 0.4) is 0 Å². The van der Waals surface area contributed by atoms with E-state index in [0.717, 1.165) is 23.0 Å². The molecule has 11 nitrogen and oxygen atoms in total. The first kappa shape index (κ1) is 45.6. The quantitative estimate of drug-likeness (QED) is 0.0352. The first-order valence-corrected chi connectivity index (χ1v) is 15.3. The normalized spacial score (nSPS) is 9.88. The number of aldehydes is 1. The molecule has 0 heterocycles. The number of ether oxygens (including phenoxy) is 6. The van der Waals surface area contributed by atoms with Gasteiger partial charge in [0.05, 0.1) is 5.56 Å². The van der Waals surface area contributed by atoms with Gasteiger partial charge in [0.1, 0.15) is 25.2 Å². The molecule has 0 fully saturated rings. The van der Waals surface area contributed by atoms with E-state index in [1.165, 1.54) is 12.1 Å². The molecule has 12 heteroatoms. The van der Waals surface area contributed by atoms with Gasteiger partial charge in [0.15, 0.2) is 42.4 Å². The van der Waals surface area contributed by atoms with Gasteiger partial charge in [-0.3, -0.25) is 9.59 Å². The number of allylic oxidation sites excluding steroid dienone is 1. The molecule has 0 aliphatic heterocycles. The molecule has 268 valence electrons. The number of benzene rings is 5. The molecule has 52 heavy (non-hydrogen) atoms. The Hall–Kier alpha value is -4.41. The molecule has 5 rings (SSSR count). The number of hydrogen-bond donors (Lipinski definition) is 1. The van der Waals surface area contributed by atoms with E-state index in [4.69, 9.17) is 28.4 Å². The Labute approximate surface area is 343 Å². The van der Waals surface area contributed by atoms with E-state index in [9.17, 15) is 14.7 Å². The van der Waals surface area contributed by atoms with Gasteiger partial charge < -0.3 is 44.5 Å². The molecular weight excluding hydrogens is 794 g/mol. The predicted molar refractivity (Wildman–Crippen MR) is 196 cm³/mol. The summed E-state index contributed by atoms with van der Waals surface area (Å²) in [5.74, 6) is 1.84. The summed E-state index contributed by atoms with van der Waals surface area (Å²) in [6.07, 6.45) is 3.86. The van der Waals surface area contributed by atoms with Crippen LogP contribution in [0.5, 0.6) is 28.7 Å². The number of aromatic hydroxyl groups is 1. The summed E-state index contributed by atoms with van der Waals surface area (Å²) >= 11 is 0. The van der Waals surface area contributed by atoms with Crippen molar-refractivity contribution in [3.05, 3.63) is 155 Å². The third kappa shape index (κ3) is 15.1. The summed E-state index contributed by atoms with van der Waals surface area (Å²) in [6.45, 7) is 1.02. The van der Waals surface area contributed by atoms with E-state index in [1.54, 1.807) is 68.8 Å². The van der Waals surface area contributed by atoms with Crippen LogP contribution in [-0.2, 0) is 22.7 Å². The molecule has 0 spiro atoms. The number of para-hydroxylation sites is 1. The Bertz CT molecular complexity index is 1800. The zero-order valence-corrected chi connectivity index (χ0v) is 33.4. The Morgan fingerprint density at radius 3 is 1.54 bits per heavy atom. The zero-order valence-electron chi connectivity index (χ0n) is 28.9. The fourth-order valence-electron chi connectivity index (χ4n) is 4.35. The molecule has 5 aromatic carbocycles. The number of hydrogen-bond acceptors (Lipinski definition) is 11. The molecule has 0 amide bonds. The predicted octanol–water partition coefficient (Wildman–Crippen LogP) is 7.18. The van der Waals surface area contributed by atoms with Crippen LogP contribution < -0.4 is 18.9 Å². The Kier molecular flexibility index (Phi) is 22.4. The summed E-state index contributed by atoms with van der Waals surface area (Å²) in [5.41, 5.74) is 3.63. The third-order valence-electron chi connectivity index (χ3n) is 6.81. The van der Waals surface area contributed by atoms with Crippen molar-refractivity contribution >= 4 is 67.0 Å². The molecule has 0 aliphatic carbocycles. The fourth-order valence-corrected chi connectivity index (χ4v) is 4.35. The number of phenolic OH excluding ortho intramolecular Hbond substituents is 1. The average molecular weight is 834 g/mol. The second kappa shape index (κ2) is 25.5. The van der Waals surface area contributed by atoms with Crippen LogP contribution in [0, 0.1) is 0 Å². The third-order valence-corrected chi connectivity index (χ3v) is 6.81. The molecule has 0 radical (unpaired) electrons. The SMILES string of the molecule is COCOc1ccc(/C=C/C(=O)c2ccccc2O)cc1OCc1ccccc1.COCOc1ccc(C=O)cc1OCc1ccccc1.[Ba+2].[OH-].[OH-]. The van der Waals surface area contributed by atoms with E-state index in [0.29, 0.717) is 41.8 Å². The van der Waals surface area contributed by atoms with Gasteiger partial charge >= 0.3 is 48.9 Å². The molecule has 0 aliphatic rings. The Morgan fingerprint density at radius 1 is 0.596 bits per heavy atom. The van der Waals surface area contributed by atoms with Crippen molar-refractivity contribution < 1.29 is 54.1 Å². The summed E-state index contributed by atoms with van der Waals surface area (Å²) in [5, 5.41) is 9.82. The summed E-state index contributed by atoms with van der Waals surface area (Å²) < 4.78 is 32.5. The molecular formula is C40H40BaO11. The van der Waals surface area contributed by atoms with Crippen molar-refractivity contribution in [1.82, 2.24) is 0 Å². The maximum atomic E-state index is 12.3. The molecule has 0 saturated carbocycles. The molecule has 0 bridgehead atoms. The molecule has 0 unspecified atom stereocenters. The van der Waals surface area contributed by atoms with E-state index in [2.05, 4.69) is 0 Å². The maximum absolute atomic E-state index is 12.3. The molecule has 3 N–H and O–H groups in total. The van der Waals surface area contributed by atoms with Crippen LogP contribution in [0.2, 0.25) is 0 Å². The molecule has 0 atom stereocenters. The summed E-state index contributed by atoms with van der Waals surface area (Å²) in [4.78, 5) is 23.2. The summed E-state index contributed by atoms with van der Waals surface area (Å²) in [7, 11) is 3.09. The smallest absolute Gasteiger partial charge is 0.870 e. The number of phenols is 1. The second-order valence-electron chi connectivity index (χ2n) is 10.4. The average Bonchev–Trinajstić information content (AvgIpc) is 3.15. The van der Waals surface area contributed by atoms with E-state index in [-0.39, 0.29) is 90.5 Å². The number of carbonyl (C=O) groups excluding carboxylic acids is 2. The van der Waals surface area contributed by atoms with Crippen molar-refractivity contribution in [3.63, 3.8) is 0 Å². The van der Waals surface area contributed by atoms with E-state index in [1.807, 2.05) is 66.7 Å². The first-order chi connectivity index (χ1) is 24.0. The summed E-state index contributed by atoms with van der Waals surface area (Å²) in [6, 6.07) is 36.4. The van der Waals surface area contributed by atoms with Crippen molar-refractivity contribution in [2.75, 3.05) is 27.8 Å². The van der Waals surface area contributed by atoms with Crippen molar-refractivity contribution in [2.24, 2.45) is 0 Å². The van der Waals surface area contributed by atoms with Crippen LogP contribution in [-0.4, -0.2) is 105 Å².